The van der Waals surface area contributed by atoms with Gasteiger partial charge in [0, 0.05) is 23.2 Å². The first-order valence-electron chi connectivity index (χ1n) is 11.0. The van der Waals surface area contributed by atoms with Crippen molar-refractivity contribution in [1.29, 1.82) is 0 Å². The minimum Gasteiger partial charge on any atom is -0.365 e. The van der Waals surface area contributed by atoms with E-state index in [2.05, 4.69) is 16.1 Å². The van der Waals surface area contributed by atoms with Gasteiger partial charge < -0.3 is 10.6 Å². The molecule has 1 saturated carbocycles. The second kappa shape index (κ2) is 9.87. The lowest BCUT2D eigenvalue weighted by Crippen LogP contribution is -2.55. The topological polar surface area (TPSA) is 91.5 Å². The van der Waals surface area contributed by atoms with Crippen molar-refractivity contribution in [3.8, 4) is 0 Å². The largest absolute Gasteiger partial charge is 0.365 e. The van der Waals surface area contributed by atoms with E-state index in [1.165, 1.54) is 32.1 Å². The number of benzodiazepines with no additional fused rings is 1. The van der Waals surface area contributed by atoms with Crippen molar-refractivity contribution in [2.45, 2.75) is 57.3 Å². The summed E-state index contributed by atoms with van der Waals surface area (Å²) < 4.78 is 0. The van der Waals surface area contributed by atoms with Crippen LogP contribution in [0.2, 0.25) is 0 Å². The lowest BCUT2D eigenvalue weighted by atomic mass is 9.86. The fraction of sp³-hybridized carbons (Fsp3) is 0.417. The average molecular weight is 406 g/mol. The van der Waals surface area contributed by atoms with Crippen LogP contribution in [0.15, 0.2) is 59.6 Å². The van der Waals surface area contributed by atoms with Crippen molar-refractivity contribution in [2.75, 3.05) is 5.32 Å². The second-order valence-electron chi connectivity index (χ2n) is 8.23. The predicted molar refractivity (Wildman–Crippen MR) is 121 cm³/mol. The molecule has 0 aromatic heterocycles. The normalized spacial score (nSPS) is 21.7. The number of anilines is 1. The maximum absolute atomic E-state index is 12.8. The SMILES string of the molecule is NNC1Nc2ccccc2C(c2ccccc2)=NC1NC(=O)CCC1CCCCC1. The van der Waals surface area contributed by atoms with E-state index in [-0.39, 0.29) is 5.91 Å². The molecule has 2 aromatic rings. The minimum absolute atomic E-state index is 0.0229. The summed E-state index contributed by atoms with van der Waals surface area (Å²) in [5, 5.41) is 6.51. The van der Waals surface area contributed by atoms with Crippen molar-refractivity contribution in [1.82, 2.24) is 10.7 Å². The van der Waals surface area contributed by atoms with Crippen LogP contribution in [-0.2, 0) is 4.79 Å². The van der Waals surface area contributed by atoms with E-state index in [0.717, 1.165) is 28.9 Å². The van der Waals surface area contributed by atoms with Crippen LogP contribution in [0.25, 0.3) is 0 Å². The number of rotatable bonds is 6. The van der Waals surface area contributed by atoms with Crippen LogP contribution in [0.5, 0.6) is 0 Å². The first kappa shape index (κ1) is 20.6. The highest BCUT2D eigenvalue weighted by atomic mass is 16.1. The van der Waals surface area contributed by atoms with Gasteiger partial charge in [0.2, 0.25) is 5.91 Å². The Kier molecular flexibility index (Phi) is 6.77. The highest BCUT2D eigenvalue weighted by molar-refractivity contribution is 6.16. The maximum Gasteiger partial charge on any atom is 0.221 e. The summed E-state index contributed by atoms with van der Waals surface area (Å²) in [7, 11) is 0. The molecule has 0 saturated heterocycles. The number of nitrogens with two attached hydrogens (primary N) is 1. The molecule has 30 heavy (non-hydrogen) atoms. The van der Waals surface area contributed by atoms with E-state index >= 15 is 0 Å². The van der Waals surface area contributed by atoms with E-state index in [4.69, 9.17) is 10.8 Å². The molecule has 158 valence electrons. The van der Waals surface area contributed by atoms with Gasteiger partial charge in [0.1, 0.15) is 6.17 Å². The number of hydrogen-bond donors (Lipinski definition) is 4. The van der Waals surface area contributed by atoms with Crippen molar-refractivity contribution in [2.24, 2.45) is 16.8 Å². The van der Waals surface area contributed by atoms with Gasteiger partial charge in [-0.25, -0.2) is 5.43 Å². The Morgan fingerprint density at radius 2 is 1.77 bits per heavy atom. The molecule has 6 heteroatoms. The number of para-hydroxylation sites is 1. The zero-order chi connectivity index (χ0) is 20.8. The quantitative estimate of drug-likeness (QED) is 0.437. The van der Waals surface area contributed by atoms with Gasteiger partial charge in [-0.3, -0.25) is 15.6 Å². The van der Waals surface area contributed by atoms with E-state index in [1.807, 2.05) is 54.6 Å². The van der Waals surface area contributed by atoms with E-state index in [1.54, 1.807) is 0 Å². The molecule has 1 fully saturated rings. The Balaban J connectivity index is 1.55. The summed E-state index contributed by atoms with van der Waals surface area (Å²) in [5.41, 5.74) is 6.55. The molecule has 0 bridgehead atoms. The number of benzene rings is 2. The Morgan fingerprint density at radius 3 is 2.53 bits per heavy atom. The Hall–Kier alpha value is -2.70. The first-order valence-corrected chi connectivity index (χ1v) is 11.0. The van der Waals surface area contributed by atoms with Crippen LogP contribution in [0, 0.1) is 5.92 Å². The lowest BCUT2D eigenvalue weighted by molar-refractivity contribution is -0.122. The molecule has 1 aliphatic carbocycles. The van der Waals surface area contributed by atoms with Crippen LogP contribution < -0.4 is 21.9 Å². The first-order chi connectivity index (χ1) is 14.7. The van der Waals surface area contributed by atoms with Gasteiger partial charge in [-0.15, -0.1) is 0 Å². The fourth-order valence-electron chi connectivity index (χ4n) is 4.47. The number of carbonyl (C=O) groups is 1. The molecule has 2 unspecified atom stereocenters. The van der Waals surface area contributed by atoms with Gasteiger partial charge in [0.25, 0.3) is 0 Å². The van der Waals surface area contributed by atoms with Gasteiger partial charge in [0.15, 0.2) is 6.17 Å². The van der Waals surface area contributed by atoms with E-state index < -0.39 is 12.3 Å². The summed E-state index contributed by atoms with van der Waals surface area (Å²) >= 11 is 0. The van der Waals surface area contributed by atoms with Crippen molar-refractivity contribution >= 4 is 17.3 Å². The summed E-state index contributed by atoms with van der Waals surface area (Å²) in [6, 6.07) is 18.1. The van der Waals surface area contributed by atoms with Crippen LogP contribution in [0.4, 0.5) is 5.69 Å². The number of hydrogen-bond acceptors (Lipinski definition) is 5. The molecule has 1 amide bonds. The third-order valence-electron chi connectivity index (χ3n) is 6.12. The number of amides is 1. The molecule has 0 radical (unpaired) electrons. The van der Waals surface area contributed by atoms with E-state index in [0.29, 0.717) is 12.3 Å². The standard InChI is InChI=1S/C24H31N5O/c25-29-24-23(27-21(30)16-15-17-9-3-1-4-10-17)28-22(18-11-5-2-6-12-18)19-13-7-8-14-20(19)26-24/h2,5-8,11-14,17,23-24,26,29H,1,3-4,9-10,15-16,25H2,(H,27,30). The summed E-state index contributed by atoms with van der Waals surface area (Å²) in [6.07, 6.45) is 6.96. The maximum atomic E-state index is 12.8. The number of nitrogens with one attached hydrogen (secondary N) is 3. The number of carbonyl (C=O) groups excluding carboxylic acids is 1. The zero-order valence-corrected chi connectivity index (χ0v) is 17.3. The molecule has 1 heterocycles. The Labute approximate surface area is 178 Å². The smallest absolute Gasteiger partial charge is 0.221 e. The van der Waals surface area contributed by atoms with Gasteiger partial charge in [-0.2, -0.15) is 0 Å². The third kappa shape index (κ3) is 4.89. The van der Waals surface area contributed by atoms with Crippen molar-refractivity contribution in [3.63, 3.8) is 0 Å². The fourth-order valence-corrected chi connectivity index (χ4v) is 4.47. The van der Waals surface area contributed by atoms with Gasteiger partial charge in [0.05, 0.1) is 5.71 Å². The summed E-state index contributed by atoms with van der Waals surface area (Å²) in [4.78, 5) is 17.7. The van der Waals surface area contributed by atoms with E-state index in [9.17, 15) is 4.79 Å². The number of aliphatic imine (C=N–C) groups is 1. The molecule has 5 N–H and O–H groups in total. The molecular weight excluding hydrogens is 374 g/mol. The molecule has 1 aliphatic heterocycles. The highest BCUT2D eigenvalue weighted by Gasteiger charge is 2.28. The monoisotopic (exact) mass is 405 g/mol. The van der Waals surface area contributed by atoms with Crippen LogP contribution in [0.3, 0.4) is 0 Å². The Morgan fingerprint density at radius 1 is 1.03 bits per heavy atom. The summed E-state index contributed by atoms with van der Waals surface area (Å²) in [5.74, 6) is 6.53. The molecular formula is C24H31N5O. The van der Waals surface area contributed by atoms with Crippen molar-refractivity contribution in [3.05, 3.63) is 65.7 Å². The molecule has 6 nitrogen and oxygen atoms in total. The number of fused-ring (bicyclic) bond motifs is 1. The van der Waals surface area contributed by atoms with Crippen LogP contribution in [0.1, 0.15) is 56.1 Å². The highest BCUT2D eigenvalue weighted by Crippen LogP contribution is 2.28. The number of hydrazine groups is 1. The van der Waals surface area contributed by atoms with Gasteiger partial charge in [-0.1, -0.05) is 80.6 Å². The second-order valence-corrected chi connectivity index (χ2v) is 8.23. The summed E-state index contributed by atoms with van der Waals surface area (Å²) in [6.45, 7) is 0. The molecule has 2 aliphatic rings. The average Bonchev–Trinajstić information content (AvgIpc) is 2.96. The molecule has 2 atom stereocenters. The zero-order valence-electron chi connectivity index (χ0n) is 17.3. The molecule has 4 rings (SSSR count). The van der Waals surface area contributed by atoms with Crippen LogP contribution in [-0.4, -0.2) is 24.0 Å². The van der Waals surface area contributed by atoms with Crippen LogP contribution >= 0.6 is 0 Å². The van der Waals surface area contributed by atoms with Crippen molar-refractivity contribution < 1.29 is 4.79 Å². The third-order valence-corrected chi connectivity index (χ3v) is 6.12. The Bertz CT molecular complexity index is 876. The predicted octanol–water partition coefficient (Wildman–Crippen LogP) is 3.54. The lowest BCUT2D eigenvalue weighted by Gasteiger charge is -2.25. The van der Waals surface area contributed by atoms with Gasteiger partial charge >= 0.3 is 0 Å². The molecule has 2 aromatic carbocycles. The number of nitrogens with zero attached hydrogens (tertiary/aromatic N) is 1. The minimum atomic E-state index is -0.517. The van der Waals surface area contributed by atoms with Gasteiger partial charge in [-0.05, 0) is 18.4 Å². The molecule has 0 spiro atoms.